The van der Waals surface area contributed by atoms with E-state index in [1.165, 1.54) is 18.9 Å². The standard InChI is InChI=1S/C28H32O5/c1-4-5-6-7-8-22-9-11-23(12-10-22)13-16-26(29)25-15-14-24(32-18-17-21(2)3)19-27(25)33-20-28(30)31/h7-17,19H,4-6,18,20H2,1-3H3,(H,30,31)/b8-7+,16-13?. The predicted octanol–water partition coefficient (Wildman–Crippen LogP) is 6.59. The van der Waals surface area contributed by atoms with Crippen LogP contribution in [-0.2, 0) is 4.79 Å². The second-order valence-electron chi connectivity index (χ2n) is 7.84. The highest BCUT2D eigenvalue weighted by Crippen LogP contribution is 2.26. The Balaban J connectivity index is 2.12. The van der Waals surface area contributed by atoms with Crippen molar-refractivity contribution in [2.45, 2.75) is 40.0 Å². The molecule has 0 unspecified atom stereocenters. The van der Waals surface area contributed by atoms with Gasteiger partial charge in [-0.2, -0.15) is 0 Å². The lowest BCUT2D eigenvalue weighted by atomic mass is 10.1. The van der Waals surface area contributed by atoms with Gasteiger partial charge in [0.25, 0.3) is 0 Å². The Bertz CT molecular complexity index is 1010. The van der Waals surface area contributed by atoms with Crippen molar-refractivity contribution in [1.29, 1.82) is 0 Å². The molecule has 33 heavy (non-hydrogen) atoms. The summed E-state index contributed by atoms with van der Waals surface area (Å²) in [6, 6.07) is 12.7. The van der Waals surface area contributed by atoms with E-state index in [0.717, 1.165) is 23.1 Å². The highest BCUT2D eigenvalue weighted by atomic mass is 16.5. The Morgan fingerprint density at radius 3 is 2.30 bits per heavy atom. The molecule has 1 N–H and O–H groups in total. The molecule has 5 heteroatoms. The number of carboxylic acids is 1. The summed E-state index contributed by atoms with van der Waals surface area (Å²) < 4.78 is 11.0. The van der Waals surface area contributed by atoms with E-state index in [9.17, 15) is 9.59 Å². The zero-order valence-electron chi connectivity index (χ0n) is 19.5. The topological polar surface area (TPSA) is 72.8 Å². The third-order valence-electron chi connectivity index (χ3n) is 4.71. The van der Waals surface area contributed by atoms with Crippen LogP contribution in [0.5, 0.6) is 11.5 Å². The van der Waals surface area contributed by atoms with Gasteiger partial charge in [0.2, 0.25) is 0 Å². The molecule has 0 aliphatic rings. The van der Waals surface area contributed by atoms with Crippen molar-refractivity contribution in [1.82, 2.24) is 0 Å². The lowest BCUT2D eigenvalue weighted by molar-refractivity contribution is -0.139. The molecule has 0 aromatic heterocycles. The third kappa shape index (κ3) is 9.60. The van der Waals surface area contributed by atoms with Crippen LogP contribution in [0.4, 0.5) is 0 Å². The Kier molecular flexibility index (Phi) is 10.7. The van der Waals surface area contributed by atoms with Crippen LogP contribution in [0.25, 0.3) is 12.2 Å². The van der Waals surface area contributed by atoms with Gasteiger partial charge in [0.1, 0.15) is 18.1 Å². The van der Waals surface area contributed by atoms with E-state index in [1.807, 2.05) is 44.2 Å². The van der Waals surface area contributed by atoms with Crippen molar-refractivity contribution in [3.05, 3.63) is 83.0 Å². The van der Waals surface area contributed by atoms with Crippen molar-refractivity contribution >= 4 is 23.9 Å². The van der Waals surface area contributed by atoms with E-state index in [2.05, 4.69) is 19.1 Å². The minimum absolute atomic E-state index is 0.175. The molecular weight excluding hydrogens is 416 g/mol. The van der Waals surface area contributed by atoms with Gasteiger partial charge in [-0.15, -0.1) is 0 Å². The molecule has 0 saturated heterocycles. The average molecular weight is 449 g/mol. The fourth-order valence-corrected chi connectivity index (χ4v) is 2.88. The summed E-state index contributed by atoms with van der Waals surface area (Å²) in [5, 5.41) is 8.96. The zero-order valence-corrected chi connectivity index (χ0v) is 19.5. The Hall–Kier alpha value is -3.60. The zero-order chi connectivity index (χ0) is 24.1. The molecule has 0 aliphatic carbocycles. The highest BCUT2D eigenvalue weighted by molar-refractivity contribution is 6.08. The maximum Gasteiger partial charge on any atom is 0.341 e. The summed E-state index contributed by atoms with van der Waals surface area (Å²) in [7, 11) is 0. The number of carboxylic acid groups (broad SMARTS) is 1. The van der Waals surface area contributed by atoms with E-state index in [-0.39, 0.29) is 17.1 Å². The first kappa shape index (κ1) is 25.7. The molecule has 0 spiro atoms. The summed E-state index contributed by atoms with van der Waals surface area (Å²) in [6.07, 6.45) is 12.8. The van der Waals surface area contributed by atoms with Gasteiger partial charge in [-0.05, 0) is 55.7 Å². The van der Waals surface area contributed by atoms with Crippen LogP contribution in [0.1, 0.15) is 61.5 Å². The molecule has 0 radical (unpaired) electrons. The normalized spacial score (nSPS) is 11.0. The summed E-state index contributed by atoms with van der Waals surface area (Å²) in [4.78, 5) is 23.7. The maximum atomic E-state index is 12.8. The van der Waals surface area contributed by atoms with Gasteiger partial charge in [-0.3, -0.25) is 4.79 Å². The van der Waals surface area contributed by atoms with Crippen LogP contribution < -0.4 is 9.47 Å². The molecule has 0 fully saturated rings. The number of rotatable bonds is 13. The number of carbonyl (C=O) groups is 2. The molecule has 0 amide bonds. The monoisotopic (exact) mass is 448 g/mol. The van der Waals surface area contributed by atoms with E-state index >= 15 is 0 Å². The molecular formula is C28H32O5. The van der Waals surface area contributed by atoms with Gasteiger partial charge in [0.05, 0.1) is 5.56 Å². The fraction of sp³-hybridized carbons (Fsp3) is 0.286. The van der Waals surface area contributed by atoms with Crippen molar-refractivity contribution < 1.29 is 24.2 Å². The first-order valence-electron chi connectivity index (χ1n) is 11.1. The number of unbranched alkanes of at least 4 members (excludes halogenated alkanes) is 2. The lowest BCUT2D eigenvalue weighted by Gasteiger charge is -2.11. The minimum Gasteiger partial charge on any atom is -0.489 e. The van der Waals surface area contributed by atoms with Crippen LogP contribution >= 0.6 is 0 Å². The Morgan fingerprint density at radius 1 is 0.970 bits per heavy atom. The number of carbonyl (C=O) groups excluding carboxylic acids is 1. The number of ketones is 1. The average Bonchev–Trinajstić information content (AvgIpc) is 2.79. The molecule has 2 aromatic rings. The quantitative estimate of drug-likeness (QED) is 0.162. The SMILES string of the molecule is CCCC/C=C/c1ccc(C=CC(=O)c2ccc(OCC=C(C)C)cc2OCC(=O)O)cc1. The predicted molar refractivity (Wildman–Crippen MR) is 133 cm³/mol. The number of benzene rings is 2. The van der Waals surface area contributed by atoms with E-state index in [1.54, 1.807) is 24.3 Å². The summed E-state index contributed by atoms with van der Waals surface area (Å²) in [5.74, 6) is -0.733. The largest absolute Gasteiger partial charge is 0.489 e. The molecule has 174 valence electrons. The molecule has 2 rings (SSSR count). The number of hydrogen-bond donors (Lipinski definition) is 1. The van der Waals surface area contributed by atoms with Gasteiger partial charge < -0.3 is 14.6 Å². The van der Waals surface area contributed by atoms with Crippen molar-refractivity contribution in [2.24, 2.45) is 0 Å². The van der Waals surface area contributed by atoms with E-state index in [4.69, 9.17) is 14.6 Å². The lowest BCUT2D eigenvalue weighted by Crippen LogP contribution is -2.12. The fourth-order valence-electron chi connectivity index (χ4n) is 2.88. The van der Waals surface area contributed by atoms with Crippen LogP contribution in [0.3, 0.4) is 0 Å². The summed E-state index contributed by atoms with van der Waals surface area (Å²) in [5.41, 5.74) is 3.40. The summed E-state index contributed by atoms with van der Waals surface area (Å²) >= 11 is 0. The van der Waals surface area contributed by atoms with Crippen molar-refractivity contribution in [3.63, 3.8) is 0 Å². The molecule has 5 nitrogen and oxygen atoms in total. The number of allylic oxidation sites excluding steroid dienone is 3. The van der Waals surface area contributed by atoms with Crippen LogP contribution in [0.15, 0.2) is 66.3 Å². The van der Waals surface area contributed by atoms with Crippen LogP contribution in [0.2, 0.25) is 0 Å². The van der Waals surface area contributed by atoms with E-state index < -0.39 is 12.6 Å². The Labute approximate surface area is 196 Å². The van der Waals surface area contributed by atoms with Crippen molar-refractivity contribution in [2.75, 3.05) is 13.2 Å². The molecule has 0 atom stereocenters. The van der Waals surface area contributed by atoms with Gasteiger partial charge in [0.15, 0.2) is 12.4 Å². The molecule has 0 heterocycles. The summed E-state index contributed by atoms with van der Waals surface area (Å²) in [6.45, 7) is 5.94. The minimum atomic E-state index is -1.12. The molecule has 0 bridgehead atoms. The van der Waals surface area contributed by atoms with Crippen molar-refractivity contribution in [3.8, 4) is 11.5 Å². The van der Waals surface area contributed by atoms with E-state index in [0.29, 0.717) is 12.4 Å². The smallest absolute Gasteiger partial charge is 0.341 e. The van der Waals surface area contributed by atoms with Crippen LogP contribution in [0, 0.1) is 0 Å². The first-order chi connectivity index (χ1) is 15.9. The third-order valence-corrected chi connectivity index (χ3v) is 4.71. The van der Waals surface area contributed by atoms with Gasteiger partial charge >= 0.3 is 5.97 Å². The van der Waals surface area contributed by atoms with Gasteiger partial charge in [0, 0.05) is 6.07 Å². The highest BCUT2D eigenvalue weighted by Gasteiger charge is 2.13. The van der Waals surface area contributed by atoms with Crippen LogP contribution in [-0.4, -0.2) is 30.1 Å². The van der Waals surface area contributed by atoms with Gasteiger partial charge in [-0.1, -0.05) is 67.8 Å². The second-order valence-corrected chi connectivity index (χ2v) is 7.84. The Morgan fingerprint density at radius 2 is 1.67 bits per heavy atom. The molecule has 0 aliphatic heterocycles. The maximum absolute atomic E-state index is 12.8. The number of hydrogen-bond acceptors (Lipinski definition) is 4. The van der Waals surface area contributed by atoms with Gasteiger partial charge in [-0.25, -0.2) is 4.79 Å². The number of aliphatic carboxylic acids is 1. The number of ether oxygens (including phenoxy) is 2. The second kappa shape index (κ2) is 13.7. The molecule has 2 aromatic carbocycles. The first-order valence-corrected chi connectivity index (χ1v) is 11.1. The molecule has 0 saturated carbocycles.